The molecular weight excluding hydrogens is 470 g/mol. The average Bonchev–Trinajstić information content (AvgIpc) is 2.77. The second kappa shape index (κ2) is 11.3. The van der Waals surface area contributed by atoms with Gasteiger partial charge in [-0.15, -0.1) is 13.2 Å². The van der Waals surface area contributed by atoms with Crippen LogP contribution in [0.1, 0.15) is 36.1 Å². The van der Waals surface area contributed by atoms with Crippen LogP contribution in [0, 0.1) is 0 Å². The average molecular weight is 496 g/mol. The molecule has 0 spiro atoms. The molecule has 0 heterocycles. The van der Waals surface area contributed by atoms with Crippen LogP contribution < -0.4 is 4.74 Å². The molecule has 0 bridgehead atoms. The Kier molecular flexibility index (Phi) is 9.01. The van der Waals surface area contributed by atoms with E-state index in [0.29, 0.717) is 5.56 Å². The Labute approximate surface area is 200 Å². The second-order valence-electron chi connectivity index (χ2n) is 7.58. The molecule has 0 aliphatic heterocycles. The molecule has 188 valence electrons. The normalized spacial score (nSPS) is 13.3. The highest BCUT2D eigenvalue weighted by Crippen LogP contribution is 2.43. The Bertz CT molecular complexity index is 1040. The maximum Gasteiger partial charge on any atom is 0.573 e. The maximum absolute atomic E-state index is 13.0. The van der Waals surface area contributed by atoms with E-state index < -0.39 is 35.9 Å². The summed E-state index contributed by atoms with van der Waals surface area (Å²) < 4.78 is 81.5. The van der Waals surface area contributed by atoms with Crippen LogP contribution in [0.2, 0.25) is 0 Å². The Morgan fingerprint density at radius 1 is 0.743 bits per heavy atom. The number of halogens is 6. The molecule has 0 radical (unpaired) electrons. The monoisotopic (exact) mass is 496 g/mol. The first-order valence-corrected chi connectivity index (χ1v) is 10.8. The van der Waals surface area contributed by atoms with Gasteiger partial charge in [-0.05, 0) is 40.8 Å². The Balaban J connectivity index is 0.00000210. The lowest BCUT2D eigenvalue weighted by atomic mass is 9.69. The van der Waals surface area contributed by atoms with Gasteiger partial charge in [-0.25, -0.2) is 0 Å². The second-order valence-corrected chi connectivity index (χ2v) is 7.58. The zero-order chi connectivity index (χ0) is 26.3. The number of aliphatic hydroxyl groups is 1. The van der Waals surface area contributed by atoms with Crippen molar-refractivity contribution in [2.45, 2.75) is 44.6 Å². The van der Waals surface area contributed by atoms with E-state index in [4.69, 9.17) is 0 Å². The third-order valence-corrected chi connectivity index (χ3v) is 5.19. The predicted octanol–water partition coefficient (Wildman–Crippen LogP) is 8.32. The summed E-state index contributed by atoms with van der Waals surface area (Å²) in [7, 11) is 0. The van der Waals surface area contributed by atoms with Crippen molar-refractivity contribution in [2.75, 3.05) is 0 Å². The van der Waals surface area contributed by atoms with Crippen molar-refractivity contribution in [2.24, 2.45) is 0 Å². The molecule has 0 saturated heterocycles. The van der Waals surface area contributed by atoms with Gasteiger partial charge in [0.1, 0.15) is 11.5 Å². The van der Waals surface area contributed by atoms with E-state index in [-0.39, 0.29) is 23.1 Å². The molecule has 1 N–H and O–H groups in total. The van der Waals surface area contributed by atoms with Crippen molar-refractivity contribution < 1.29 is 36.2 Å². The summed E-state index contributed by atoms with van der Waals surface area (Å²) in [6.45, 7) is 7.66. The first-order valence-electron chi connectivity index (χ1n) is 10.8. The standard InChI is InChI=1S/C25H20F6O2.C2H6/c1-17(32)23(15-18-7-3-2-4-8-18,20-10-5-9-19(13-20)16-24(26,27)28)21-11-6-12-22(14-21)33-25(29,30)31;1-2/h2-14,32H,1,15-16H2;1-2H3. The van der Waals surface area contributed by atoms with Crippen molar-refractivity contribution in [3.63, 3.8) is 0 Å². The van der Waals surface area contributed by atoms with Gasteiger partial charge in [-0.2, -0.15) is 13.2 Å². The van der Waals surface area contributed by atoms with Crippen molar-refractivity contribution >= 4 is 0 Å². The first-order chi connectivity index (χ1) is 16.4. The lowest BCUT2D eigenvalue weighted by Gasteiger charge is -2.35. The van der Waals surface area contributed by atoms with Gasteiger partial charge in [0.2, 0.25) is 0 Å². The fourth-order valence-electron chi connectivity index (χ4n) is 3.84. The summed E-state index contributed by atoms with van der Waals surface area (Å²) in [4.78, 5) is 0. The third-order valence-electron chi connectivity index (χ3n) is 5.19. The summed E-state index contributed by atoms with van der Waals surface area (Å²) in [5.74, 6) is -0.954. The molecule has 35 heavy (non-hydrogen) atoms. The minimum absolute atomic E-state index is 0.0358. The summed E-state index contributed by atoms with van der Waals surface area (Å²) in [5.41, 5.74) is -0.458. The lowest BCUT2D eigenvalue weighted by molar-refractivity contribution is -0.274. The third kappa shape index (κ3) is 7.53. The number of benzene rings is 3. The van der Waals surface area contributed by atoms with Crippen molar-refractivity contribution in [3.8, 4) is 5.75 Å². The number of rotatable bonds is 7. The number of aliphatic hydroxyl groups excluding tert-OH is 1. The fraction of sp³-hybridized carbons (Fsp3) is 0.259. The van der Waals surface area contributed by atoms with Crippen LogP contribution in [0.4, 0.5) is 26.3 Å². The molecule has 3 aromatic carbocycles. The van der Waals surface area contributed by atoms with Gasteiger partial charge >= 0.3 is 12.5 Å². The Morgan fingerprint density at radius 2 is 1.29 bits per heavy atom. The Morgan fingerprint density at radius 3 is 1.83 bits per heavy atom. The summed E-state index contributed by atoms with van der Waals surface area (Å²) in [5, 5.41) is 10.8. The van der Waals surface area contributed by atoms with Crippen LogP contribution in [0.25, 0.3) is 0 Å². The van der Waals surface area contributed by atoms with Crippen molar-refractivity contribution in [1.82, 2.24) is 0 Å². The summed E-state index contributed by atoms with van der Waals surface area (Å²) in [6, 6.07) is 19.2. The highest BCUT2D eigenvalue weighted by Gasteiger charge is 2.40. The molecule has 0 amide bonds. The van der Waals surface area contributed by atoms with E-state index in [0.717, 1.165) is 12.1 Å². The van der Waals surface area contributed by atoms with E-state index in [2.05, 4.69) is 11.3 Å². The van der Waals surface area contributed by atoms with Gasteiger partial charge in [-0.1, -0.05) is 87.2 Å². The van der Waals surface area contributed by atoms with Gasteiger partial charge in [-0.3, -0.25) is 0 Å². The number of alkyl halides is 6. The highest BCUT2D eigenvalue weighted by molar-refractivity contribution is 5.51. The van der Waals surface area contributed by atoms with E-state index in [1.165, 1.54) is 36.4 Å². The molecule has 3 rings (SSSR count). The van der Waals surface area contributed by atoms with E-state index in [1.54, 1.807) is 30.3 Å². The smallest absolute Gasteiger partial charge is 0.512 e. The molecule has 0 aliphatic carbocycles. The first kappa shape index (κ1) is 27.8. The van der Waals surface area contributed by atoms with Crippen LogP contribution in [-0.4, -0.2) is 17.6 Å². The molecule has 0 saturated carbocycles. The molecule has 2 nitrogen and oxygen atoms in total. The molecule has 0 aliphatic rings. The predicted molar refractivity (Wildman–Crippen MR) is 123 cm³/mol. The molecule has 8 heteroatoms. The van der Waals surface area contributed by atoms with Gasteiger partial charge in [0.15, 0.2) is 0 Å². The van der Waals surface area contributed by atoms with Gasteiger partial charge in [0.05, 0.1) is 11.8 Å². The van der Waals surface area contributed by atoms with Crippen molar-refractivity contribution in [1.29, 1.82) is 0 Å². The van der Waals surface area contributed by atoms with Gasteiger partial charge in [0, 0.05) is 0 Å². The topological polar surface area (TPSA) is 29.5 Å². The minimum atomic E-state index is -4.94. The summed E-state index contributed by atoms with van der Waals surface area (Å²) in [6.07, 6.45) is -10.6. The van der Waals surface area contributed by atoms with E-state index in [9.17, 15) is 31.4 Å². The molecule has 1 unspecified atom stereocenters. The van der Waals surface area contributed by atoms with Crippen LogP contribution >= 0.6 is 0 Å². The highest BCUT2D eigenvalue weighted by atomic mass is 19.4. The van der Waals surface area contributed by atoms with Crippen LogP contribution in [0.3, 0.4) is 0 Å². The number of allylic oxidation sites excluding steroid dienone is 1. The fourth-order valence-corrected chi connectivity index (χ4v) is 3.84. The zero-order valence-electron chi connectivity index (χ0n) is 19.3. The molecule has 0 fully saturated rings. The van der Waals surface area contributed by atoms with Gasteiger partial charge < -0.3 is 9.84 Å². The lowest BCUT2D eigenvalue weighted by Crippen LogP contribution is -2.33. The van der Waals surface area contributed by atoms with Crippen molar-refractivity contribution in [3.05, 3.63) is 113 Å². The van der Waals surface area contributed by atoms with E-state index >= 15 is 0 Å². The zero-order valence-corrected chi connectivity index (χ0v) is 19.3. The van der Waals surface area contributed by atoms with Gasteiger partial charge in [0.25, 0.3) is 0 Å². The van der Waals surface area contributed by atoms with Crippen LogP contribution in [0.15, 0.2) is 91.2 Å². The number of ether oxygens (including phenoxy) is 1. The number of hydrogen-bond acceptors (Lipinski definition) is 2. The van der Waals surface area contributed by atoms with Crippen LogP contribution in [-0.2, 0) is 18.3 Å². The molecule has 3 aromatic rings. The molecule has 1 atom stereocenters. The quantitative estimate of drug-likeness (QED) is 0.263. The van der Waals surface area contributed by atoms with Crippen LogP contribution in [0.5, 0.6) is 5.75 Å². The maximum atomic E-state index is 13.0. The molecular formula is C27H26F6O2. The minimum Gasteiger partial charge on any atom is -0.512 e. The van der Waals surface area contributed by atoms with E-state index in [1.807, 2.05) is 13.8 Å². The summed E-state index contributed by atoms with van der Waals surface area (Å²) >= 11 is 0. The largest absolute Gasteiger partial charge is 0.573 e. The Hall–Kier alpha value is -3.42. The number of hydrogen-bond donors (Lipinski definition) is 1. The SMILES string of the molecule is C=C(O)C(Cc1ccccc1)(c1cccc(CC(F)(F)F)c1)c1cccc(OC(F)(F)F)c1.CC. The molecule has 0 aromatic heterocycles.